The molecule has 0 aromatic heterocycles. The first-order valence-electron chi connectivity index (χ1n) is 9.48. The van der Waals surface area contributed by atoms with Crippen LogP contribution in [0.25, 0.3) is 0 Å². The van der Waals surface area contributed by atoms with Gasteiger partial charge in [-0.2, -0.15) is 0 Å². The number of nitrogens with zero attached hydrogens (tertiary/aromatic N) is 1. The summed E-state index contributed by atoms with van der Waals surface area (Å²) in [6.07, 6.45) is 8.54. The predicted octanol–water partition coefficient (Wildman–Crippen LogP) is 5.18. The Morgan fingerprint density at radius 1 is 0.880 bits per heavy atom. The van der Waals surface area contributed by atoms with E-state index in [0.29, 0.717) is 0 Å². The summed E-state index contributed by atoms with van der Waals surface area (Å²) in [4.78, 5) is 2.13. The predicted molar refractivity (Wildman–Crippen MR) is 105 cm³/mol. The van der Waals surface area contributed by atoms with Gasteiger partial charge >= 0.3 is 0 Å². The van der Waals surface area contributed by atoms with Gasteiger partial charge in [-0.15, -0.1) is 0 Å². The monoisotopic (exact) mass is 351 g/mol. The van der Waals surface area contributed by atoms with Gasteiger partial charge in [-0.3, -0.25) is 0 Å². The highest BCUT2D eigenvalue weighted by atomic mass is 16.9. The molecule has 1 aromatic carbocycles. The van der Waals surface area contributed by atoms with Gasteiger partial charge in [-0.25, -0.2) is 0 Å². The molecule has 0 aliphatic carbocycles. The van der Waals surface area contributed by atoms with Crippen molar-refractivity contribution in [1.29, 1.82) is 0 Å². The fourth-order valence-electron chi connectivity index (χ4n) is 3.52. The van der Waals surface area contributed by atoms with Crippen LogP contribution in [0.1, 0.15) is 63.4 Å². The average molecular weight is 352 g/mol. The molecule has 1 unspecified atom stereocenters. The Bertz CT molecular complexity index is 464. The lowest BCUT2D eigenvalue weighted by atomic mass is 9.88. The highest BCUT2D eigenvalue weighted by Gasteiger charge is 2.42. The van der Waals surface area contributed by atoms with E-state index in [1.54, 1.807) is 21.3 Å². The lowest BCUT2D eigenvalue weighted by molar-refractivity contribution is -0.365. The molecule has 0 heterocycles. The molecular weight excluding hydrogens is 314 g/mol. The Morgan fingerprint density at radius 2 is 1.44 bits per heavy atom. The first-order valence-corrected chi connectivity index (χ1v) is 9.48. The van der Waals surface area contributed by atoms with Crippen LogP contribution in [0.4, 0.5) is 5.69 Å². The van der Waals surface area contributed by atoms with Crippen LogP contribution in [0.5, 0.6) is 0 Å². The van der Waals surface area contributed by atoms with Crippen molar-refractivity contribution < 1.29 is 14.2 Å². The van der Waals surface area contributed by atoms with Crippen molar-refractivity contribution in [2.75, 3.05) is 40.3 Å². The minimum Gasteiger partial charge on any atom is -0.377 e. The van der Waals surface area contributed by atoms with E-state index in [1.807, 2.05) is 0 Å². The van der Waals surface area contributed by atoms with Gasteiger partial charge in [-0.1, -0.05) is 63.6 Å². The van der Waals surface area contributed by atoms with Gasteiger partial charge in [0.1, 0.15) is 0 Å². The quantitative estimate of drug-likeness (QED) is 0.362. The SMILES string of the molecule is CCCCCCCCC(c1ccccc1N(C)C)C(OC)(OC)OC. The molecule has 0 bridgehead atoms. The van der Waals surface area contributed by atoms with Crippen LogP contribution in [-0.2, 0) is 14.2 Å². The van der Waals surface area contributed by atoms with Crippen LogP contribution in [0.3, 0.4) is 0 Å². The van der Waals surface area contributed by atoms with Crippen LogP contribution in [-0.4, -0.2) is 41.4 Å². The lowest BCUT2D eigenvalue weighted by Gasteiger charge is -2.38. The van der Waals surface area contributed by atoms with Crippen LogP contribution in [0.2, 0.25) is 0 Å². The Labute approximate surface area is 154 Å². The molecule has 1 aromatic rings. The van der Waals surface area contributed by atoms with E-state index in [1.165, 1.54) is 43.4 Å². The van der Waals surface area contributed by atoms with Crippen LogP contribution >= 0.6 is 0 Å². The summed E-state index contributed by atoms with van der Waals surface area (Å²) in [5.74, 6) is -1.05. The number of hydrogen-bond donors (Lipinski definition) is 0. The number of hydrogen-bond acceptors (Lipinski definition) is 4. The molecule has 1 atom stereocenters. The minimum atomic E-state index is -1.06. The molecule has 0 saturated heterocycles. The van der Waals surface area contributed by atoms with Crippen molar-refractivity contribution in [2.24, 2.45) is 0 Å². The van der Waals surface area contributed by atoms with Crippen LogP contribution in [0.15, 0.2) is 24.3 Å². The molecule has 0 amide bonds. The van der Waals surface area contributed by atoms with Crippen molar-refractivity contribution in [3.8, 4) is 0 Å². The van der Waals surface area contributed by atoms with Gasteiger partial charge < -0.3 is 19.1 Å². The third kappa shape index (κ3) is 5.98. The molecule has 0 N–H and O–H groups in total. The van der Waals surface area contributed by atoms with Gasteiger partial charge in [0.15, 0.2) is 0 Å². The van der Waals surface area contributed by atoms with Gasteiger partial charge in [0.2, 0.25) is 0 Å². The Kier molecular flexibility index (Phi) is 10.1. The topological polar surface area (TPSA) is 30.9 Å². The molecule has 25 heavy (non-hydrogen) atoms. The second-order valence-corrected chi connectivity index (χ2v) is 6.78. The Morgan fingerprint density at radius 3 is 2.00 bits per heavy atom. The first kappa shape index (κ1) is 21.9. The van der Waals surface area contributed by atoms with E-state index in [-0.39, 0.29) is 5.92 Å². The fourth-order valence-corrected chi connectivity index (χ4v) is 3.52. The third-order valence-corrected chi connectivity index (χ3v) is 4.92. The number of unbranched alkanes of at least 4 members (excludes halogenated alkanes) is 5. The zero-order valence-corrected chi connectivity index (χ0v) is 17.0. The number of para-hydroxylation sites is 1. The zero-order valence-electron chi connectivity index (χ0n) is 17.0. The lowest BCUT2D eigenvalue weighted by Crippen LogP contribution is -2.43. The summed E-state index contributed by atoms with van der Waals surface area (Å²) < 4.78 is 17.2. The van der Waals surface area contributed by atoms with Crippen LogP contribution in [0, 0.1) is 0 Å². The number of ether oxygens (including phenoxy) is 3. The van der Waals surface area contributed by atoms with Crippen LogP contribution < -0.4 is 4.90 Å². The van der Waals surface area contributed by atoms with Crippen molar-refractivity contribution in [1.82, 2.24) is 0 Å². The molecular formula is C21H37NO3. The van der Waals surface area contributed by atoms with E-state index >= 15 is 0 Å². The molecule has 0 radical (unpaired) electrons. The maximum absolute atomic E-state index is 5.72. The van der Waals surface area contributed by atoms with Gasteiger partial charge in [0.25, 0.3) is 5.97 Å². The Hall–Kier alpha value is -1.10. The van der Waals surface area contributed by atoms with Crippen molar-refractivity contribution in [3.05, 3.63) is 29.8 Å². The minimum absolute atomic E-state index is 0.0114. The van der Waals surface area contributed by atoms with Crippen molar-refractivity contribution in [3.63, 3.8) is 0 Å². The van der Waals surface area contributed by atoms with Gasteiger partial charge in [-0.05, 0) is 18.1 Å². The maximum Gasteiger partial charge on any atom is 0.289 e. The van der Waals surface area contributed by atoms with E-state index in [4.69, 9.17) is 14.2 Å². The molecule has 0 aliphatic rings. The molecule has 0 spiro atoms. The van der Waals surface area contributed by atoms with Gasteiger partial charge in [0.05, 0.1) is 5.92 Å². The molecule has 4 nitrogen and oxygen atoms in total. The third-order valence-electron chi connectivity index (χ3n) is 4.92. The molecule has 0 aliphatic heterocycles. The molecule has 0 saturated carbocycles. The normalized spacial score (nSPS) is 13.0. The number of methoxy groups -OCH3 is 3. The smallest absolute Gasteiger partial charge is 0.289 e. The number of rotatable bonds is 13. The van der Waals surface area contributed by atoms with E-state index in [9.17, 15) is 0 Å². The summed E-state index contributed by atoms with van der Waals surface area (Å²) >= 11 is 0. The highest BCUT2D eigenvalue weighted by Crippen LogP contribution is 2.40. The van der Waals surface area contributed by atoms with Crippen molar-refractivity contribution in [2.45, 2.75) is 63.8 Å². The highest BCUT2D eigenvalue weighted by molar-refractivity contribution is 5.54. The fraction of sp³-hybridized carbons (Fsp3) is 0.714. The molecule has 0 fully saturated rings. The number of anilines is 1. The summed E-state index contributed by atoms with van der Waals surface area (Å²) in [7, 11) is 9.09. The number of benzene rings is 1. The second kappa shape index (κ2) is 11.5. The molecule has 144 valence electrons. The first-order chi connectivity index (χ1) is 12.1. The average Bonchev–Trinajstić information content (AvgIpc) is 2.64. The summed E-state index contributed by atoms with van der Waals surface area (Å²) in [5.41, 5.74) is 2.38. The summed E-state index contributed by atoms with van der Waals surface area (Å²) in [6.45, 7) is 2.25. The standard InChI is InChI=1S/C21H37NO3/c1-7-8-9-10-11-12-16-19(21(23-4,24-5)25-6)18-15-13-14-17-20(18)22(2)3/h13-15,17,19H,7-12,16H2,1-6H3. The van der Waals surface area contributed by atoms with E-state index in [2.05, 4.69) is 50.2 Å². The summed E-state index contributed by atoms with van der Waals surface area (Å²) in [6, 6.07) is 8.43. The van der Waals surface area contributed by atoms with Crippen molar-refractivity contribution >= 4 is 5.69 Å². The molecule has 4 heteroatoms. The second-order valence-electron chi connectivity index (χ2n) is 6.78. The van der Waals surface area contributed by atoms with E-state index in [0.717, 1.165) is 12.8 Å². The van der Waals surface area contributed by atoms with Gasteiger partial charge in [0, 0.05) is 41.1 Å². The largest absolute Gasteiger partial charge is 0.377 e. The van der Waals surface area contributed by atoms with E-state index < -0.39 is 5.97 Å². The molecule has 1 rings (SSSR count). The zero-order chi connectivity index (χ0) is 18.7. The summed E-state index contributed by atoms with van der Waals surface area (Å²) in [5, 5.41) is 0. The maximum atomic E-state index is 5.72. The Balaban J connectivity index is 3.00.